The van der Waals surface area contributed by atoms with Gasteiger partial charge in [-0.3, -0.25) is 9.59 Å². The van der Waals surface area contributed by atoms with Gasteiger partial charge < -0.3 is 15.4 Å². The van der Waals surface area contributed by atoms with Crippen LogP contribution in [0.25, 0.3) is 5.69 Å². The number of amides is 2. The summed E-state index contributed by atoms with van der Waals surface area (Å²) in [7, 11) is 0. The molecule has 0 radical (unpaired) electrons. The number of carbonyl (C=O) groups excluding carboxylic acids is 2. The number of rotatable bonds is 7. The maximum absolute atomic E-state index is 12.6. The Kier molecular flexibility index (Phi) is 6.20. The molecule has 0 unspecified atom stereocenters. The molecule has 1 atom stereocenters. The van der Waals surface area contributed by atoms with Crippen LogP contribution >= 0.6 is 0 Å². The lowest BCUT2D eigenvalue weighted by molar-refractivity contribution is -0.115. The molecule has 154 valence electrons. The number of benzene rings is 2. The van der Waals surface area contributed by atoms with Crippen LogP contribution in [0.15, 0.2) is 67.0 Å². The van der Waals surface area contributed by atoms with E-state index in [4.69, 9.17) is 4.74 Å². The molecule has 2 heterocycles. The van der Waals surface area contributed by atoms with Crippen LogP contribution in [0.4, 0.5) is 5.69 Å². The molecule has 0 aliphatic carbocycles. The van der Waals surface area contributed by atoms with E-state index in [9.17, 15) is 9.59 Å². The van der Waals surface area contributed by atoms with Gasteiger partial charge >= 0.3 is 0 Å². The largest absolute Gasteiger partial charge is 0.376 e. The highest BCUT2D eigenvalue weighted by molar-refractivity contribution is 6.04. The van der Waals surface area contributed by atoms with Crippen molar-refractivity contribution in [3.63, 3.8) is 0 Å². The molecule has 7 heteroatoms. The molecule has 1 aliphatic rings. The van der Waals surface area contributed by atoms with Gasteiger partial charge in [0.1, 0.15) is 0 Å². The summed E-state index contributed by atoms with van der Waals surface area (Å²) in [6.07, 6.45) is 5.85. The summed E-state index contributed by atoms with van der Waals surface area (Å²) in [5.41, 5.74) is 2.75. The smallest absolute Gasteiger partial charge is 0.253 e. The average Bonchev–Trinajstić information content (AvgIpc) is 3.47. The van der Waals surface area contributed by atoms with E-state index in [1.807, 2.05) is 36.5 Å². The molecule has 2 amide bonds. The molecular weight excluding hydrogens is 380 g/mol. The van der Waals surface area contributed by atoms with E-state index < -0.39 is 0 Å². The van der Waals surface area contributed by atoms with Crippen molar-refractivity contribution in [2.45, 2.75) is 25.4 Å². The monoisotopic (exact) mass is 404 g/mol. The molecule has 1 saturated heterocycles. The number of ether oxygens (including phenoxy) is 1. The van der Waals surface area contributed by atoms with Crippen LogP contribution in [0.5, 0.6) is 0 Å². The fourth-order valence-electron chi connectivity index (χ4n) is 3.47. The number of hydrogen-bond acceptors (Lipinski definition) is 4. The van der Waals surface area contributed by atoms with E-state index in [-0.39, 0.29) is 24.3 Å². The van der Waals surface area contributed by atoms with Crippen LogP contribution in [-0.4, -0.2) is 40.9 Å². The fraction of sp³-hybridized carbons (Fsp3) is 0.261. The molecule has 2 aromatic carbocycles. The Morgan fingerprint density at radius 3 is 2.67 bits per heavy atom. The fourth-order valence-corrected chi connectivity index (χ4v) is 3.47. The second kappa shape index (κ2) is 9.37. The zero-order valence-electron chi connectivity index (χ0n) is 16.6. The van der Waals surface area contributed by atoms with E-state index in [1.54, 1.807) is 35.1 Å². The zero-order valence-corrected chi connectivity index (χ0v) is 16.6. The highest BCUT2D eigenvalue weighted by Gasteiger charge is 2.18. The lowest BCUT2D eigenvalue weighted by Crippen LogP contribution is -2.32. The normalized spacial score (nSPS) is 15.7. The molecule has 3 aromatic rings. The number of nitrogens with zero attached hydrogens (tertiary/aromatic N) is 2. The number of nitrogens with one attached hydrogen (secondary N) is 2. The molecule has 0 bridgehead atoms. The summed E-state index contributed by atoms with van der Waals surface area (Å²) in [4.78, 5) is 25.1. The Bertz CT molecular complexity index is 994. The van der Waals surface area contributed by atoms with E-state index >= 15 is 0 Å². The minimum Gasteiger partial charge on any atom is -0.376 e. The van der Waals surface area contributed by atoms with Gasteiger partial charge in [-0.05, 0) is 48.7 Å². The second-order valence-corrected chi connectivity index (χ2v) is 7.23. The molecular formula is C23H24N4O3. The Labute approximate surface area is 175 Å². The van der Waals surface area contributed by atoms with Gasteiger partial charge in [-0.1, -0.05) is 24.3 Å². The third-order valence-corrected chi connectivity index (χ3v) is 5.03. The number of anilines is 1. The van der Waals surface area contributed by atoms with Crippen LogP contribution in [0.2, 0.25) is 0 Å². The van der Waals surface area contributed by atoms with E-state index in [1.165, 1.54) is 0 Å². The van der Waals surface area contributed by atoms with Gasteiger partial charge in [-0.2, -0.15) is 5.10 Å². The van der Waals surface area contributed by atoms with Crippen molar-refractivity contribution in [2.75, 3.05) is 18.5 Å². The minimum atomic E-state index is -0.218. The van der Waals surface area contributed by atoms with Crippen LogP contribution in [0.1, 0.15) is 28.8 Å². The van der Waals surface area contributed by atoms with Crippen molar-refractivity contribution >= 4 is 17.5 Å². The number of hydrogen-bond donors (Lipinski definition) is 2. The first kappa shape index (κ1) is 19.8. The lowest BCUT2D eigenvalue weighted by Gasteiger charge is -2.14. The van der Waals surface area contributed by atoms with Gasteiger partial charge in [0.2, 0.25) is 5.91 Å². The predicted molar refractivity (Wildman–Crippen MR) is 114 cm³/mol. The van der Waals surface area contributed by atoms with Crippen molar-refractivity contribution < 1.29 is 14.3 Å². The summed E-state index contributed by atoms with van der Waals surface area (Å²) in [5, 5.41) is 9.95. The van der Waals surface area contributed by atoms with Crippen molar-refractivity contribution in [1.29, 1.82) is 0 Å². The third-order valence-electron chi connectivity index (χ3n) is 5.03. The second-order valence-electron chi connectivity index (χ2n) is 7.23. The minimum absolute atomic E-state index is 0.0698. The van der Waals surface area contributed by atoms with Gasteiger partial charge in [-0.25, -0.2) is 4.68 Å². The Hall–Kier alpha value is -3.45. The first-order valence-corrected chi connectivity index (χ1v) is 10.1. The first-order chi connectivity index (χ1) is 14.7. The van der Waals surface area contributed by atoms with Crippen LogP contribution in [0, 0.1) is 0 Å². The summed E-state index contributed by atoms with van der Waals surface area (Å²) >= 11 is 0. The number of carbonyl (C=O) groups is 2. The molecule has 1 fully saturated rings. The van der Waals surface area contributed by atoms with Gasteiger partial charge in [0, 0.05) is 25.5 Å². The van der Waals surface area contributed by atoms with Crippen molar-refractivity contribution in [3.8, 4) is 5.69 Å². The Morgan fingerprint density at radius 1 is 1.10 bits per heavy atom. The quantitative estimate of drug-likeness (QED) is 0.634. The van der Waals surface area contributed by atoms with E-state index in [0.717, 1.165) is 30.7 Å². The van der Waals surface area contributed by atoms with Crippen molar-refractivity contribution in [1.82, 2.24) is 15.1 Å². The maximum atomic E-state index is 12.6. The molecule has 1 aliphatic heterocycles. The maximum Gasteiger partial charge on any atom is 0.253 e. The topological polar surface area (TPSA) is 85.2 Å². The predicted octanol–water partition coefficient (Wildman–Crippen LogP) is 2.96. The molecule has 0 spiro atoms. The van der Waals surface area contributed by atoms with Gasteiger partial charge in [0.15, 0.2) is 0 Å². The summed E-state index contributed by atoms with van der Waals surface area (Å²) < 4.78 is 7.30. The first-order valence-electron chi connectivity index (χ1n) is 10.1. The van der Waals surface area contributed by atoms with E-state index in [0.29, 0.717) is 17.8 Å². The Balaban J connectivity index is 1.36. The van der Waals surface area contributed by atoms with Gasteiger partial charge in [-0.15, -0.1) is 0 Å². The summed E-state index contributed by atoms with van der Waals surface area (Å²) in [6.45, 7) is 1.22. The highest BCUT2D eigenvalue weighted by atomic mass is 16.5. The van der Waals surface area contributed by atoms with Gasteiger partial charge in [0.25, 0.3) is 5.91 Å². The molecule has 1 aromatic heterocycles. The molecule has 30 heavy (non-hydrogen) atoms. The average molecular weight is 404 g/mol. The summed E-state index contributed by atoms with van der Waals surface area (Å²) in [6, 6.07) is 16.5. The molecule has 7 nitrogen and oxygen atoms in total. The van der Waals surface area contributed by atoms with Crippen LogP contribution < -0.4 is 10.6 Å². The molecule has 4 rings (SSSR count). The van der Waals surface area contributed by atoms with Gasteiger partial charge in [0.05, 0.1) is 29.5 Å². The lowest BCUT2D eigenvalue weighted by atomic mass is 10.1. The highest BCUT2D eigenvalue weighted by Crippen LogP contribution is 2.17. The number of aromatic nitrogens is 2. The SMILES string of the molecule is O=C(Cc1ccc(-n2cccn2)cc1)Nc1ccccc1C(=O)NC[C@H]1CCCO1. The molecule has 0 saturated carbocycles. The van der Waals surface area contributed by atoms with Crippen LogP contribution in [0.3, 0.4) is 0 Å². The van der Waals surface area contributed by atoms with Crippen molar-refractivity contribution in [2.24, 2.45) is 0 Å². The van der Waals surface area contributed by atoms with Crippen molar-refractivity contribution in [3.05, 3.63) is 78.1 Å². The third kappa shape index (κ3) is 4.93. The summed E-state index contributed by atoms with van der Waals surface area (Å²) in [5.74, 6) is -0.397. The Morgan fingerprint density at radius 2 is 1.93 bits per heavy atom. The zero-order chi connectivity index (χ0) is 20.8. The number of para-hydroxylation sites is 1. The van der Waals surface area contributed by atoms with Crippen LogP contribution in [-0.2, 0) is 16.0 Å². The molecule has 2 N–H and O–H groups in total. The standard InChI is InChI=1S/C23H24N4O3/c28-22(15-17-8-10-18(11-9-17)27-13-4-12-25-27)26-21-7-2-1-6-20(21)23(29)24-16-19-5-3-14-30-19/h1-2,4,6-13,19H,3,5,14-16H2,(H,24,29)(H,26,28)/t19-/m1/s1. The van der Waals surface area contributed by atoms with E-state index in [2.05, 4.69) is 15.7 Å².